The molecule has 2 atom stereocenters. The molecule has 0 aromatic rings. The van der Waals surface area contributed by atoms with Gasteiger partial charge >= 0.3 is 0 Å². The van der Waals surface area contributed by atoms with Crippen molar-refractivity contribution in [3.8, 4) is 0 Å². The van der Waals surface area contributed by atoms with Gasteiger partial charge in [-0.05, 0) is 40.8 Å². The predicted molar refractivity (Wildman–Crippen MR) is 70.1 cm³/mol. The van der Waals surface area contributed by atoms with Gasteiger partial charge in [-0.15, -0.1) is 0 Å². The Morgan fingerprint density at radius 1 is 1.35 bits per heavy atom. The normalized spacial score (nSPS) is 39.7. The van der Waals surface area contributed by atoms with Crippen LogP contribution in [-0.2, 0) is 4.74 Å². The summed E-state index contributed by atoms with van der Waals surface area (Å²) in [6.07, 6.45) is 1.48. The van der Waals surface area contributed by atoms with Crippen LogP contribution in [0.1, 0.15) is 27.2 Å². The Morgan fingerprint density at radius 2 is 2.06 bits per heavy atom. The Kier molecular flexibility index (Phi) is 3.51. The van der Waals surface area contributed by atoms with Crippen LogP contribution in [0.2, 0.25) is 0 Å². The average molecular weight is 241 g/mol. The largest absolute Gasteiger partial charge is 0.370 e. The first-order valence-corrected chi connectivity index (χ1v) is 6.68. The van der Waals surface area contributed by atoms with Crippen molar-refractivity contribution in [3.05, 3.63) is 0 Å². The Labute approximate surface area is 105 Å². The van der Waals surface area contributed by atoms with E-state index in [1.807, 2.05) is 0 Å². The van der Waals surface area contributed by atoms with Crippen molar-refractivity contribution in [2.45, 2.75) is 44.4 Å². The van der Waals surface area contributed by atoms with E-state index in [0.29, 0.717) is 6.10 Å². The Morgan fingerprint density at radius 3 is 2.53 bits per heavy atom. The predicted octanol–water partition coefficient (Wildman–Crippen LogP) is 0.519. The third-order valence-corrected chi connectivity index (χ3v) is 4.14. The van der Waals surface area contributed by atoms with E-state index < -0.39 is 0 Å². The molecule has 0 aromatic carbocycles. The van der Waals surface area contributed by atoms with Gasteiger partial charge in [0.2, 0.25) is 0 Å². The topological polar surface area (TPSA) is 41.7 Å². The molecule has 0 saturated carbocycles. The van der Waals surface area contributed by atoms with E-state index in [1.165, 1.54) is 6.42 Å². The van der Waals surface area contributed by atoms with Gasteiger partial charge in [0.1, 0.15) is 0 Å². The van der Waals surface area contributed by atoms with Crippen LogP contribution in [0.5, 0.6) is 0 Å². The molecule has 0 radical (unpaired) electrons. The number of ether oxygens (including phenoxy) is 1. The van der Waals surface area contributed by atoms with Gasteiger partial charge in [0.05, 0.1) is 11.7 Å². The number of hydrogen-bond acceptors (Lipinski definition) is 4. The van der Waals surface area contributed by atoms with Crippen LogP contribution in [0.25, 0.3) is 0 Å². The molecule has 2 N–H and O–H groups in total. The van der Waals surface area contributed by atoms with E-state index in [1.54, 1.807) is 0 Å². The molecule has 2 fully saturated rings. The monoisotopic (exact) mass is 241 g/mol. The van der Waals surface area contributed by atoms with Crippen molar-refractivity contribution in [2.24, 2.45) is 5.73 Å². The maximum absolute atomic E-state index is 6.09. The SMILES string of the molecule is CC1CN(C2(CN)CCN(C)C2)CC(C)(C)O1. The number of morpholine rings is 1. The van der Waals surface area contributed by atoms with Crippen LogP contribution in [0.15, 0.2) is 0 Å². The van der Waals surface area contributed by atoms with E-state index in [9.17, 15) is 0 Å². The quantitative estimate of drug-likeness (QED) is 0.765. The summed E-state index contributed by atoms with van der Waals surface area (Å²) in [5.41, 5.74) is 6.20. The van der Waals surface area contributed by atoms with Gasteiger partial charge in [0.25, 0.3) is 0 Å². The second-order valence-corrected chi connectivity index (χ2v) is 6.48. The Bertz CT molecular complexity index is 282. The van der Waals surface area contributed by atoms with Crippen LogP contribution in [-0.4, -0.2) is 66.8 Å². The molecule has 2 unspecified atom stereocenters. The Hall–Kier alpha value is -0.160. The molecule has 100 valence electrons. The summed E-state index contributed by atoms with van der Waals surface area (Å²) >= 11 is 0. The van der Waals surface area contributed by atoms with Crippen LogP contribution in [0, 0.1) is 0 Å². The molecule has 0 amide bonds. The number of rotatable bonds is 2. The molecule has 4 nitrogen and oxygen atoms in total. The van der Waals surface area contributed by atoms with Crippen LogP contribution in [0.3, 0.4) is 0 Å². The third-order valence-electron chi connectivity index (χ3n) is 4.14. The molecule has 2 aliphatic heterocycles. The molecule has 0 aliphatic carbocycles. The fourth-order valence-electron chi connectivity index (χ4n) is 3.43. The lowest BCUT2D eigenvalue weighted by Gasteiger charge is -2.49. The second kappa shape index (κ2) is 4.50. The van der Waals surface area contributed by atoms with Crippen LogP contribution >= 0.6 is 0 Å². The summed E-state index contributed by atoms with van der Waals surface area (Å²) in [4.78, 5) is 4.96. The zero-order valence-corrected chi connectivity index (χ0v) is 11.7. The zero-order chi connectivity index (χ0) is 12.7. The number of likely N-dealkylation sites (tertiary alicyclic amines) is 1. The lowest BCUT2D eigenvalue weighted by Crippen LogP contribution is -2.64. The summed E-state index contributed by atoms with van der Waals surface area (Å²) in [5.74, 6) is 0. The summed E-state index contributed by atoms with van der Waals surface area (Å²) in [6.45, 7) is 11.5. The molecule has 17 heavy (non-hydrogen) atoms. The van der Waals surface area contributed by atoms with E-state index in [-0.39, 0.29) is 11.1 Å². The lowest BCUT2D eigenvalue weighted by atomic mass is 9.92. The highest BCUT2D eigenvalue weighted by atomic mass is 16.5. The highest BCUT2D eigenvalue weighted by Crippen LogP contribution is 2.32. The summed E-state index contributed by atoms with van der Waals surface area (Å²) in [5, 5.41) is 0. The molecule has 2 rings (SSSR count). The molecular weight excluding hydrogens is 214 g/mol. The Balaban J connectivity index is 2.14. The number of nitrogens with two attached hydrogens (primary N) is 1. The molecule has 0 spiro atoms. The molecule has 2 heterocycles. The minimum absolute atomic E-state index is 0.0546. The standard InChI is InChI=1S/C13H27N3O/c1-11-7-16(9-12(2,3)17-11)13(8-14)5-6-15(4)10-13/h11H,5-10,14H2,1-4H3. The maximum Gasteiger partial charge on any atom is 0.0757 e. The molecule has 2 saturated heterocycles. The summed E-state index contributed by atoms with van der Waals surface area (Å²) < 4.78 is 5.98. The minimum Gasteiger partial charge on any atom is -0.370 e. The molecule has 0 aromatic heterocycles. The third kappa shape index (κ3) is 2.65. The van der Waals surface area contributed by atoms with Crippen molar-refractivity contribution in [2.75, 3.05) is 39.8 Å². The number of nitrogens with zero attached hydrogens (tertiary/aromatic N) is 2. The van der Waals surface area contributed by atoms with Crippen molar-refractivity contribution < 1.29 is 4.74 Å². The van der Waals surface area contributed by atoms with E-state index in [4.69, 9.17) is 10.5 Å². The van der Waals surface area contributed by atoms with Crippen molar-refractivity contribution in [1.29, 1.82) is 0 Å². The van der Waals surface area contributed by atoms with E-state index in [2.05, 4.69) is 37.6 Å². The van der Waals surface area contributed by atoms with Gasteiger partial charge in [-0.2, -0.15) is 0 Å². The molecule has 4 heteroatoms. The average Bonchev–Trinajstić information content (AvgIpc) is 2.58. The molecular formula is C13H27N3O. The molecule has 2 aliphatic rings. The van der Waals surface area contributed by atoms with Crippen molar-refractivity contribution in [1.82, 2.24) is 9.80 Å². The minimum atomic E-state index is -0.0546. The van der Waals surface area contributed by atoms with Crippen LogP contribution in [0.4, 0.5) is 0 Å². The van der Waals surface area contributed by atoms with Crippen molar-refractivity contribution in [3.63, 3.8) is 0 Å². The first kappa shape index (κ1) is 13.3. The van der Waals surface area contributed by atoms with Gasteiger partial charge in [-0.25, -0.2) is 0 Å². The lowest BCUT2D eigenvalue weighted by molar-refractivity contribution is -0.150. The fraction of sp³-hybridized carbons (Fsp3) is 1.00. The van der Waals surface area contributed by atoms with Crippen molar-refractivity contribution >= 4 is 0 Å². The molecule has 0 bridgehead atoms. The highest BCUT2D eigenvalue weighted by Gasteiger charge is 2.45. The number of hydrogen-bond donors (Lipinski definition) is 1. The van der Waals surface area contributed by atoms with Gasteiger partial charge in [-0.1, -0.05) is 0 Å². The highest BCUT2D eigenvalue weighted by molar-refractivity contribution is 5.02. The summed E-state index contributed by atoms with van der Waals surface area (Å²) in [6, 6.07) is 0. The second-order valence-electron chi connectivity index (χ2n) is 6.48. The maximum atomic E-state index is 6.09. The summed E-state index contributed by atoms with van der Waals surface area (Å²) in [7, 11) is 2.19. The first-order chi connectivity index (χ1) is 7.87. The van der Waals surface area contributed by atoms with Gasteiger partial charge in [0.15, 0.2) is 0 Å². The first-order valence-electron chi connectivity index (χ1n) is 6.68. The van der Waals surface area contributed by atoms with Gasteiger partial charge in [0, 0.05) is 31.7 Å². The van der Waals surface area contributed by atoms with E-state index in [0.717, 1.165) is 32.7 Å². The van der Waals surface area contributed by atoms with E-state index >= 15 is 0 Å². The fourth-order valence-corrected chi connectivity index (χ4v) is 3.43. The smallest absolute Gasteiger partial charge is 0.0757 e. The van der Waals surface area contributed by atoms with Gasteiger partial charge in [-0.3, -0.25) is 4.90 Å². The van der Waals surface area contributed by atoms with Crippen LogP contribution < -0.4 is 5.73 Å². The zero-order valence-electron chi connectivity index (χ0n) is 11.7. The number of likely N-dealkylation sites (N-methyl/N-ethyl adjacent to an activating group) is 1. The van der Waals surface area contributed by atoms with Gasteiger partial charge < -0.3 is 15.4 Å².